The highest BCUT2D eigenvalue weighted by Gasteiger charge is 2.02. The Morgan fingerprint density at radius 1 is 1.09 bits per heavy atom. The second-order valence-corrected chi connectivity index (χ2v) is 5.46. The molecule has 0 bridgehead atoms. The first-order valence-corrected chi connectivity index (χ1v) is 7.32. The fraction of sp³-hybridized carbons (Fsp3) is 0.222. The van der Waals surface area contributed by atoms with Gasteiger partial charge in [0.05, 0.1) is 6.21 Å². The van der Waals surface area contributed by atoms with Gasteiger partial charge in [-0.15, -0.1) is 0 Å². The van der Waals surface area contributed by atoms with Crippen molar-refractivity contribution in [3.8, 4) is 0 Å². The maximum Gasteiger partial charge on any atom is 0.339 e. The summed E-state index contributed by atoms with van der Waals surface area (Å²) in [7, 11) is 0. The van der Waals surface area contributed by atoms with Gasteiger partial charge in [0.1, 0.15) is 0 Å². The molecule has 4 nitrogen and oxygen atoms in total. The van der Waals surface area contributed by atoms with Gasteiger partial charge in [-0.2, -0.15) is 5.10 Å². The summed E-state index contributed by atoms with van der Waals surface area (Å²) in [4.78, 5) is 11.8. The van der Waals surface area contributed by atoms with Gasteiger partial charge in [-0.3, -0.25) is 0 Å². The number of amides is 2. The highest BCUT2D eigenvalue weighted by molar-refractivity contribution is 5.91. The number of anilines is 1. The minimum Gasteiger partial charge on any atom is -0.306 e. The van der Waals surface area contributed by atoms with E-state index in [1.54, 1.807) is 6.21 Å². The van der Waals surface area contributed by atoms with Crippen molar-refractivity contribution in [1.82, 2.24) is 5.43 Å². The highest BCUT2D eigenvalue weighted by atomic mass is 16.2. The van der Waals surface area contributed by atoms with E-state index >= 15 is 0 Å². The smallest absolute Gasteiger partial charge is 0.306 e. The van der Waals surface area contributed by atoms with Gasteiger partial charge in [-0.1, -0.05) is 56.3 Å². The van der Waals surface area contributed by atoms with Crippen LogP contribution in [0.2, 0.25) is 0 Å². The molecule has 2 rings (SSSR count). The molecule has 2 amide bonds. The molecule has 2 aromatic carbocycles. The number of hydrazone groups is 1. The van der Waals surface area contributed by atoms with Gasteiger partial charge in [-0.05, 0) is 35.6 Å². The SMILES string of the molecule is Cc1ccccc1NC(=O)NN=Cc1ccc(C(C)C)cc1. The number of benzene rings is 2. The molecule has 0 heterocycles. The van der Waals surface area contributed by atoms with Crippen LogP contribution >= 0.6 is 0 Å². The lowest BCUT2D eigenvalue weighted by Gasteiger charge is -2.07. The van der Waals surface area contributed by atoms with Gasteiger partial charge in [-0.25, -0.2) is 10.2 Å². The first-order valence-electron chi connectivity index (χ1n) is 7.32. The lowest BCUT2D eigenvalue weighted by Crippen LogP contribution is -2.24. The van der Waals surface area contributed by atoms with Crippen LogP contribution in [0.4, 0.5) is 10.5 Å². The fourth-order valence-electron chi connectivity index (χ4n) is 2.00. The van der Waals surface area contributed by atoms with Crippen molar-refractivity contribution in [2.24, 2.45) is 5.10 Å². The quantitative estimate of drug-likeness (QED) is 0.642. The molecule has 0 aromatic heterocycles. The van der Waals surface area contributed by atoms with Crippen LogP contribution in [0.25, 0.3) is 0 Å². The van der Waals surface area contributed by atoms with E-state index in [-0.39, 0.29) is 6.03 Å². The number of nitrogens with zero attached hydrogens (tertiary/aromatic N) is 1. The molecule has 0 saturated heterocycles. The minimum absolute atomic E-state index is 0.357. The zero-order valence-electron chi connectivity index (χ0n) is 13.1. The summed E-state index contributed by atoms with van der Waals surface area (Å²) in [6.45, 7) is 6.25. The first kappa shape index (κ1) is 15.8. The van der Waals surface area contributed by atoms with Crippen LogP contribution in [0.1, 0.15) is 36.5 Å². The van der Waals surface area contributed by atoms with Crippen LogP contribution < -0.4 is 10.7 Å². The van der Waals surface area contributed by atoms with Gasteiger partial charge < -0.3 is 5.32 Å². The number of nitrogens with one attached hydrogen (secondary N) is 2. The topological polar surface area (TPSA) is 53.5 Å². The van der Waals surface area contributed by atoms with Crippen LogP contribution in [-0.2, 0) is 0 Å². The first-order chi connectivity index (χ1) is 10.6. The molecule has 0 aliphatic carbocycles. The molecule has 0 aliphatic rings. The number of aryl methyl sites for hydroxylation is 1. The summed E-state index contributed by atoms with van der Waals surface area (Å²) in [6, 6.07) is 15.3. The molecule has 0 fully saturated rings. The van der Waals surface area contributed by atoms with E-state index in [2.05, 4.69) is 41.8 Å². The molecular weight excluding hydrogens is 274 g/mol. The second kappa shape index (κ2) is 7.41. The Balaban J connectivity index is 1.89. The van der Waals surface area contributed by atoms with Gasteiger partial charge in [0, 0.05) is 5.69 Å². The van der Waals surface area contributed by atoms with Crippen molar-refractivity contribution < 1.29 is 4.79 Å². The van der Waals surface area contributed by atoms with E-state index in [0.717, 1.165) is 16.8 Å². The Labute approximate surface area is 131 Å². The largest absolute Gasteiger partial charge is 0.339 e. The Hall–Kier alpha value is -2.62. The Kier molecular flexibility index (Phi) is 5.31. The third-order valence-electron chi connectivity index (χ3n) is 3.38. The average molecular weight is 295 g/mol. The standard InChI is InChI=1S/C18H21N3O/c1-13(2)16-10-8-15(9-11-16)12-19-21-18(22)20-17-7-5-4-6-14(17)3/h4-13H,1-3H3,(H2,20,21,22). The predicted octanol–water partition coefficient (Wildman–Crippen LogP) is 4.27. The van der Waals surface area contributed by atoms with Crippen LogP contribution in [0.5, 0.6) is 0 Å². The molecule has 22 heavy (non-hydrogen) atoms. The van der Waals surface area contributed by atoms with E-state index in [1.807, 2.05) is 43.3 Å². The average Bonchev–Trinajstić information content (AvgIpc) is 2.50. The van der Waals surface area contributed by atoms with Gasteiger partial charge in [0.25, 0.3) is 0 Å². The zero-order chi connectivity index (χ0) is 15.9. The molecule has 0 saturated carbocycles. The number of hydrogen-bond acceptors (Lipinski definition) is 2. The molecule has 0 unspecified atom stereocenters. The number of hydrogen-bond donors (Lipinski definition) is 2. The molecule has 4 heteroatoms. The van der Waals surface area contributed by atoms with Crippen molar-refractivity contribution in [3.63, 3.8) is 0 Å². The van der Waals surface area contributed by atoms with Crippen LogP contribution in [-0.4, -0.2) is 12.2 Å². The lowest BCUT2D eigenvalue weighted by atomic mass is 10.0. The number of carbonyl (C=O) groups is 1. The molecule has 114 valence electrons. The number of carbonyl (C=O) groups excluding carboxylic acids is 1. The Morgan fingerprint density at radius 2 is 1.77 bits per heavy atom. The van der Waals surface area contributed by atoms with Crippen molar-refractivity contribution in [2.75, 3.05) is 5.32 Å². The summed E-state index contributed by atoms with van der Waals surface area (Å²) in [5.74, 6) is 0.504. The lowest BCUT2D eigenvalue weighted by molar-refractivity contribution is 0.252. The number of urea groups is 1. The third-order valence-corrected chi connectivity index (χ3v) is 3.38. The van der Waals surface area contributed by atoms with E-state index in [1.165, 1.54) is 5.56 Å². The van der Waals surface area contributed by atoms with Crippen LogP contribution in [0.3, 0.4) is 0 Å². The monoisotopic (exact) mass is 295 g/mol. The van der Waals surface area contributed by atoms with Crippen LogP contribution in [0.15, 0.2) is 53.6 Å². The van der Waals surface area contributed by atoms with Gasteiger partial charge in [0.2, 0.25) is 0 Å². The highest BCUT2D eigenvalue weighted by Crippen LogP contribution is 2.14. The van der Waals surface area contributed by atoms with Crippen molar-refractivity contribution in [2.45, 2.75) is 26.7 Å². The number of rotatable bonds is 4. The van der Waals surface area contributed by atoms with E-state index in [0.29, 0.717) is 5.92 Å². The maximum atomic E-state index is 11.8. The minimum atomic E-state index is -0.357. The summed E-state index contributed by atoms with van der Waals surface area (Å²) in [5, 5.41) is 6.71. The summed E-state index contributed by atoms with van der Waals surface area (Å²) < 4.78 is 0. The Bertz CT molecular complexity index is 660. The van der Waals surface area contributed by atoms with Gasteiger partial charge in [0.15, 0.2) is 0 Å². The molecule has 2 aromatic rings. The molecule has 0 aliphatic heterocycles. The second-order valence-electron chi connectivity index (χ2n) is 5.46. The van der Waals surface area contributed by atoms with Crippen molar-refractivity contribution in [3.05, 3.63) is 65.2 Å². The Morgan fingerprint density at radius 3 is 2.41 bits per heavy atom. The third kappa shape index (κ3) is 4.45. The van der Waals surface area contributed by atoms with Crippen molar-refractivity contribution >= 4 is 17.9 Å². The molecule has 2 N–H and O–H groups in total. The summed E-state index contributed by atoms with van der Waals surface area (Å²) in [6.07, 6.45) is 1.63. The van der Waals surface area contributed by atoms with Gasteiger partial charge >= 0.3 is 6.03 Å². The maximum absolute atomic E-state index is 11.8. The van der Waals surface area contributed by atoms with E-state index in [9.17, 15) is 4.79 Å². The zero-order valence-corrected chi connectivity index (χ0v) is 13.1. The molecule has 0 spiro atoms. The van der Waals surface area contributed by atoms with Crippen molar-refractivity contribution in [1.29, 1.82) is 0 Å². The fourth-order valence-corrected chi connectivity index (χ4v) is 2.00. The normalized spacial score (nSPS) is 10.9. The van der Waals surface area contributed by atoms with E-state index in [4.69, 9.17) is 0 Å². The van der Waals surface area contributed by atoms with Crippen LogP contribution in [0, 0.1) is 6.92 Å². The summed E-state index contributed by atoms with van der Waals surface area (Å²) >= 11 is 0. The number of para-hydroxylation sites is 1. The summed E-state index contributed by atoms with van der Waals surface area (Å²) in [5.41, 5.74) is 6.47. The molecule has 0 radical (unpaired) electrons. The predicted molar refractivity (Wildman–Crippen MR) is 91.5 cm³/mol. The molecule has 0 atom stereocenters. The molecular formula is C18H21N3O. The van der Waals surface area contributed by atoms with E-state index < -0.39 is 0 Å².